The Hall–Kier alpha value is -2.91. The van der Waals surface area contributed by atoms with Gasteiger partial charge in [-0.25, -0.2) is 12.7 Å². The number of aryl methyl sites for hydroxylation is 2. The SMILES string of the molecule is Cc1cc(C(=O)N2CCCCC2C)ccc1NCC(=O)Nc1ccc(C)c(S(=O)(=O)N(C)C)c1. The number of sulfonamides is 1. The number of anilines is 2. The molecule has 1 atom stereocenters. The van der Waals surface area contributed by atoms with Crippen molar-refractivity contribution in [1.29, 1.82) is 0 Å². The van der Waals surface area contributed by atoms with Crippen molar-refractivity contribution in [3.05, 3.63) is 53.1 Å². The molecule has 1 heterocycles. The molecule has 2 amide bonds. The number of carbonyl (C=O) groups is 2. The highest BCUT2D eigenvalue weighted by Crippen LogP contribution is 2.24. The van der Waals surface area contributed by atoms with E-state index in [2.05, 4.69) is 17.6 Å². The largest absolute Gasteiger partial charge is 0.376 e. The van der Waals surface area contributed by atoms with Gasteiger partial charge < -0.3 is 15.5 Å². The van der Waals surface area contributed by atoms with Crippen LogP contribution in [-0.4, -0.2) is 62.7 Å². The van der Waals surface area contributed by atoms with E-state index in [0.29, 0.717) is 16.8 Å². The molecule has 0 aromatic heterocycles. The highest BCUT2D eigenvalue weighted by molar-refractivity contribution is 7.89. The van der Waals surface area contributed by atoms with E-state index in [0.717, 1.165) is 41.4 Å². The highest BCUT2D eigenvalue weighted by atomic mass is 32.2. The van der Waals surface area contributed by atoms with Crippen LogP contribution in [0.1, 0.15) is 47.7 Å². The van der Waals surface area contributed by atoms with E-state index in [9.17, 15) is 18.0 Å². The summed E-state index contributed by atoms with van der Waals surface area (Å²) < 4.78 is 26.2. The van der Waals surface area contributed by atoms with Crippen molar-refractivity contribution in [3.8, 4) is 0 Å². The Balaban J connectivity index is 1.64. The summed E-state index contributed by atoms with van der Waals surface area (Å²) in [7, 11) is -0.673. The first kappa shape index (κ1) is 25.7. The number of nitrogens with zero attached hydrogens (tertiary/aromatic N) is 2. The van der Waals surface area contributed by atoms with Crippen LogP contribution in [0.2, 0.25) is 0 Å². The van der Waals surface area contributed by atoms with Crippen molar-refractivity contribution in [2.75, 3.05) is 37.8 Å². The minimum atomic E-state index is -3.61. The number of rotatable bonds is 7. The highest BCUT2D eigenvalue weighted by Gasteiger charge is 2.24. The molecule has 1 aliphatic rings. The molecule has 0 aliphatic carbocycles. The zero-order valence-corrected chi connectivity index (χ0v) is 21.3. The Morgan fingerprint density at radius 3 is 2.44 bits per heavy atom. The molecule has 1 unspecified atom stereocenters. The second-order valence-electron chi connectivity index (χ2n) is 9.04. The monoisotopic (exact) mass is 486 g/mol. The number of benzene rings is 2. The molecule has 1 aliphatic heterocycles. The van der Waals surface area contributed by atoms with E-state index >= 15 is 0 Å². The molecule has 1 fully saturated rings. The molecule has 8 nitrogen and oxygen atoms in total. The van der Waals surface area contributed by atoms with Crippen LogP contribution in [0.25, 0.3) is 0 Å². The first-order valence-corrected chi connectivity index (χ1v) is 12.9. The molecule has 0 spiro atoms. The smallest absolute Gasteiger partial charge is 0.254 e. The number of carbonyl (C=O) groups excluding carboxylic acids is 2. The van der Waals surface area contributed by atoms with Crippen LogP contribution >= 0.6 is 0 Å². The molecule has 2 aromatic carbocycles. The predicted molar refractivity (Wildman–Crippen MR) is 135 cm³/mol. The third-order valence-electron chi connectivity index (χ3n) is 6.21. The van der Waals surface area contributed by atoms with Gasteiger partial charge in [0, 0.05) is 43.6 Å². The van der Waals surface area contributed by atoms with Crippen LogP contribution in [0.4, 0.5) is 11.4 Å². The van der Waals surface area contributed by atoms with Crippen molar-refractivity contribution >= 4 is 33.2 Å². The van der Waals surface area contributed by atoms with Gasteiger partial charge >= 0.3 is 0 Å². The lowest BCUT2D eigenvalue weighted by Gasteiger charge is -2.33. The van der Waals surface area contributed by atoms with E-state index in [1.54, 1.807) is 25.1 Å². The van der Waals surface area contributed by atoms with Crippen molar-refractivity contribution in [2.45, 2.75) is 51.0 Å². The Morgan fingerprint density at radius 1 is 1.06 bits per heavy atom. The minimum absolute atomic E-state index is 0.000925. The van der Waals surface area contributed by atoms with Gasteiger partial charge in [0.25, 0.3) is 5.91 Å². The van der Waals surface area contributed by atoms with Gasteiger partial charge in [-0.3, -0.25) is 9.59 Å². The van der Waals surface area contributed by atoms with E-state index < -0.39 is 10.0 Å². The topological polar surface area (TPSA) is 98.8 Å². The van der Waals surface area contributed by atoms with Gasteiger partial charge in [-0.2, -0.15) is 0 Å². The number of hydrogen-bond donors (Lipinski definition) is 2. The fourth-order valence-electron chi connectivity index (χ4n) is 4.09. The number of piperidine rings is 1. The molecule has 1 saturated heterocycles. The number of amides is 2. The van der Waals surface area contributed by atoms with Crippen LogP contribution in [-0.2, 0) is 14.8 Å². The molecular weight excluding hydrogens is 452 g/mol. The predicted octanol–water partition coefficient (Wildman–Crippen LogP) is 3.62. The zero-order chi connectivity index (χ0) is 25.0. The summed E-state index contributed by atoms with van der Waals surface area (Å²) in [6, 6.07) is 10.5. The van der Waals surface area contributed by atoms with Crippen LogP contribution in [0.5, 0.6) is 0 Å². The standard InChI is InChI=1S/C25H34N4O4S/c1-17-9-11-21(15-23(17)34(32,33)28(4)5)27-24(30)16-26-22-12-10-20(14-18(22)2)25(31)29-13-7-6-8-19(29)3/h9-12,14-15,19,26H,6-8,13,16H2,1-5H3,(H,27,30). The summed E-state index contributed by atoms with van der Waals surface area (Å²) in [5.41, 5.74) is 3.30. The molecule has 3 rings (SSSR count). The summed E-state index contributed by atoms with van der Waals surface area (Å²) in [5, 5.41) is 5.84. The van der Waals surface area contributed by atoms with Gasteiger partial charge in [0.1, 0.15) is 0 Å². The molecule has 2 N–H and O–H groups in total. The van der Waals surface area contributed by atoms with Crippen molar-refractivity contribution in [3.63, 3.8) is 0 Å². The summed E-state index contributed by atoms with van der Waals surface area (Å²) in [4.78, 5) is 27.5. The summed E-state index contributed by atoms with van der Waals surface area (Å²) in [6.45, 7) is 6.49. The molecule has 34 heavy (non-hydrogen) atoms. The fraction of sp³-hybridized carbons (Fsp3) is 0.440. The zero-order valence-electron chi connectivity index (χ0n) is 20.5. The normalized spacial score (nSPS) is 16.4. The second kappa shape index (κ2) is 10.6. The second-order valence-corrected chi connectivity index (χ2v) is 11.2. The van der Waals surface area contributed by atoms with Crippen molar-refractivity contribution in [2.24, 2.45) is 0 Å². The van der Waals surface area contributed by atoms with Gasteiger partial charge in [0.05, 0.1) is 11.4 Å². The average molecular weight is 487 g/mol. The van der Waals surface area contributed by atoms with E-state index in [1.807, 2.05) is 24.0 Å². The summed E-state index contributed by atoms with van der Waals surface area (Å²) in [5.74, 6) is -0.263. The summed E-state index contributed by atoms with van der Waals surface area (Å²) >= 11 is 0. The molecule has 184 valence electrons. The van der Waals surface area contributed by atoms with E-state index in [1.165, 1.54) is 20.2 Å². The van der Waals surface area contributed by atoms with Gasteiger partial charge in [0.2, 0.25) is 15.9 Å². The maximum Gasteiger partial charge on any atom is 0.254 e. The first-order valence-electron chi connectivity index (χ1n) is 11.5. The quantitative estimate of drug-likeness (QED) is 0.623. The van der Waals surface area contributed by atoms with Crippen molar-refractivity contribution in [1.82, 2.24) is 9.21 Å². The maximum absolute atomic E-state index is 12.9. The number of nitrogens with one attached hydrogen (secondary N) is 2. The third kappa shape index (κ3) is 5.77. The minimum Gasteiger partial charge on any atom is -0.376 e. The molecular formula is C25H34N4O4S. The fourth-order valence-corrected chi connectivity index (χ4v) is 5.24. The lowest BCUT2D eigenvalue weighted by molar-refractivity contribution is -0.114. The maximum atomic E-state index is 12.9. The third-order valence-corrected chi connectivity index (χ3v) is 8.16. The molecule has 0 saturated carbocycles. The number of likely N-dealkylation sites (tertiary alicyclic amines) is 1. The number of hydrogen-bond acceptors (Lipinski definition) is 5. The molecule has 2 aromatic rings. The van der Waals surface area contributed by atoms with Gasteiger partial charge in [-0.15, -0.1) is 0 Å². The van der Waals surface area contributed by atoms with E-state index in [-0.39, 0.29) is 29.3 Å². The Bertz CT molecular complexity index is 1180. The van der Waals surface area contributed by atoms with Gasteiger partial charge in [-0.1, -0.05) is 6.07 Å². The summed E-state index contributed by atoms with van der Waals surface area (Å²) in [6.07, 6.45) is 3.22. The van der Waals surface area contributed by atoms with Crippen LogP contribution < -0.4 is 10.6 Å². The van der Waals surface area contributed by atoms with Crippen LogP contribution in [0.15, 0.2) is 41.3 Å². The molecule has 0 radical (unpaired) electrons. The van der Waals surface area contributed by atoms with Crippen LogP contribution in [0, 0.1) is 13.8 Å². The van der Waals surface area contributed by atoms with Gasteiger partial charge in [-0.05, 0) is 81.5 Å². The lowest BCUT2D eigenvalue weighted by atomic mass is 10.0. The average Bonchev–Trinajstić information content (AvgIpc) is 2.79. The van der Waals surface area contributed by atoms with Crippen LogP contribution in [0.3, 0.4) is 0 Å². The lowest BCUT2D eigenvalue weighted by Crippen LogP contribution is -2.42. The Labute approximate surface area is 202 Å². The Morgan fingerprint density at radius 2 is 1.79 bits per heavy atom. The first-order chi connectivity index (χ1) is 16.0. The van der Waals surface area contributed by atoms with Gasteiger partial charge in [0.15, 0.2) is 0 Å². The van der Waals surface area contributed by atoms with E-state index in [4.69, 9.17) is 0 Å². The molecule has 9 heteroatoms. The molecule has 0 bridgehead atoms. The Kier molecular flexibility index (Phi) is 7.99. The van der Waals surface area contributed by atoms with Crippen molar-refractivity contribution < 1.29 is 18.0 Å².